The van der Waals surface area contributed by atoms with Crippen LogP contribution < -0.4 is 5.73 Å². The van der Waals surface area contributed by atoms with E-state index in [1.807, 2.05) is 4.68 Å². The first-order valence-corrected chi connectivity index (χ1v) is 10.4. The van der Waals surface area contributed by atoms with Gasteiger partial charge in [-0.05, 0) is 23.3 Å². The number of ether oxygens (including phenoxy) is 2. The lowest BCUT2D eigenvalue weighted by Crippen LogP contribution is -2.15. The average Bonchev–Trinajstić information content (AvgIpc) is 3.29. The third kappa shape index (κ3) is 4.08. The van der Waals surface area contributed by atoms with Gasteiger partial charge < -0.3 is 15.2 Å². The van der Waals surface area contributed by atoms with Crippen LogP contribution in [0.2, 0.25) is 0 Å². The predicted octanol–water partition coefficient (Wildman–Crippen LogP) is 2.69. The number of esters is 2. The Labute approximate surface area is 164 Å². The van der Waals surface area contributed by atoms with Gasteiger partial charge in [-0.25, -0.2) is 14.3 Å². The molecule has 0 spiro atoms. The van der Waals surface area contributed by atoms with Gasteiger partial charge in [0.05, 0.1) is 25.8 Å². The van der Waals surface area contributed by atoms with Crippen LogP contribution in [0.3, 0.4) is 0 Å². The van der Waals surface area contributed by atoms with Crippen molar-refractivity contribution >= 4 is 40.0 Å². The Morgan fingerprint density at radius 2 is 1.93 bits per heavy atom. The lowest BCUT2D eigenvalue weighted by molar-refractivity contribution is 0.0601. The number of carbonyl (C=O) groups is 2. The quantitative estimate of drug-likeness (QED) is 0.564. The Morgan fingerprint density at radius 1 is 1.22 bits per heavy atom. The van der Waals surface area contributed by atoms with E-state index in [1.165, 1.54) is 32.4 Å². The van der Waals surface area contributed by atoms with Crippen LogP contribution in [-0.2, 0) is 15.2 Å². The summed E-state index contributed by atoms with van der Waals surface area (Å²) in [6, 6.07) is 0.281. The van der Waals surface area contributed by atoms with Gasteiger partial charge in [0.15, 0.2) is 0 Å². The largest absolute Gasteiger partial charge is 0.465 e. The molecule has 9 nitrogen and oxygen atoms in total. The van der Waals surface area contributed by atoms with Crippen LogP contribution in [0.5, 0.6) is 0 Å². The Kier molecular flexibility index (Phi) is 6.32. The van der Waals surface area contributed by atoms with Crippen LogP contribution >= 0.6 is 23.1 Å². The highest BCUT2D eigenvalue weighted by atomic mass is 32.2. The van der Waals surface area contributed by atoms with Crippen LogP contribution in [-0.4, -0.2) is 46.4 Å². The second-order valence-electron chi connectivity index (χ2n) is 6.12. The fourth-order valence-corrected chi connectivity index (χ4v) is 5.24. The summed E-state index contributed by atoms with van der Waals surface area (Å²) in [5.41, 5.74) is 6.65. The topological polar surface area (TPSA) is 122 Å². The zero-order valence-corrected chi connectivity index (χ0v) is 16.8. The molecule has 0 atom stereocenters. The van der Waals surface area contributed by atoms with E-state index in [2.05, 4.69) is 15.5 Å². The van der Waals surface area contributed by atoms with Gasteiger partial charge in [0, 0.05) is 11.3 Å². The third-order valence-corrected chi connectivity index (χ3v) is 6.52. The first-order valence-electron chi connectivity index (χ1n) is 8.55. The lowest BCUT2D eigenvalue weighted by atomic mass is 9.96. The summed E-state index contributed by atoms with van der Waals surface area (Å²) in [5, 5.41) is 12.9. The number of hydrogen-bond donors (Lipinski definition) is 1. The van der Waals surface area contributed by atoms with Gasteiger partial charge in [0.1, 0.15) is 9.88 Å². The second kappa shape index (κ2) is 8.70. The minimum absolute atomic E-state index is 0.201. The van der Waals surface area contributed by atoms with Crippen molar-refractivity contribution in [2.24, 2.45) is 0 Å². The number of nitrogens with zero attached hydrogens (tertiary/aromatic N) is 4. The fraction of sp³-hybridized carbons (Fsp3) is 0.562. The number of hydrogen-bond acceptors (Lipinski definition) is 10. The summed E-state index contributed by atoms with van der Waals surface area (Å²) in [7, 11) is 2.56. The molecule has 1 aliphatic rings. The first-order chi connectivity index (χ1) is 13.1. The number of rotatable bonds is 6. The minimum Gasteiger partial charge on any atom is -0.465 e. The van der Waals surface area contributed by atoms with E-state index in [0.717, 1.165) is 37.0 Å². The molecule has 0 radical (unpaired) electrons. The molecule has 27 heavy (non-hydrogen) atoms. The average molecular weight is 412 g/mol. The summed E-state index contributed by atoms with van der Waals surface area (Å²) in [5.74, 6) is -0.818. The molecule has 1 saturated carbocycles. The minimum atomic E-state index is -0.582. The molecule has 1 aliphatic carbocycles. The Morgan fingerprint density at radius 3 is 2.59 bits per heavy atom. The van der Waals surface area contributed by atoms with Gasteiger partial charge in [-0.1, -0.05) is 31.0 Å². The maximum absolute atomic E-state index is 12.2. The molecule has 146 valence electrons. The number of aromatic nitrogens is 4. The summed E-state index contributed by atoms with van der Waals surface area (Å²) >= 11 is 2.38. The van der Waals surface area contributed by atoms with Gasteiger partial charge in [-0.3, -0.25) is 0 Å². The molecule has 2 N–H and O–H groups in total. The summed E-state index contributed by atoms with van der Waals surface area (Å²) in [6.07, 6.45) is 5.65. The number of nitrogen functional groups attached to an aromatic ring is 1. The normalized spacial score (nSPS) is 14.9. The molecular formula is C16H21N5O4S2. The second-order valence-corrected chi connectivity index (χ2v) is 8.11. The molecule has 0 aliphatic heterocycles. The van der Waals surface area contributed by atoms with Crippen molar-refractivity contribution < 1.29 is 19.1 Å². The Balaban J connectivity index is 1.86. The van der Waals surface area contributed by atoms with Crippen molar-refractivity contribution in [1.82, 2.24) is 20.2 Å². The van der Waals surface area contributed by atoms with E-state index in [1.54, 1.807) is 0 Å². The van der Waals surface area contributed by atoms with E-state index >= 15 is 0 Å². The van der Waals surface area contributed by atoms with Crippen molar-refractivity contribution in [3.63, 3.8) is 0 Å². The van der Waals surface area contributed by atoms with Gasteiger partial charge in [-0.15, -0.1) is 16.4 Å². The molecule has 0 aromatic carbocycles. The third-order valence-electron chi connectivity index (χ3n) is 4.52. The van der Waals surface area contributed by atoms with Gasteiger partial charge >= 0.3 is 11.9 Å². The number of tetrazole rings is 1. The molecule has 2 aromatic rings. The number of carbonyl (C=O) groups excluding carboxylic acids is 2. The number of nitrogens with two attached hydrogens (primary N) is 1. The zero-order chi connectivity index (χ0) is 19.4. The van der Waals surface area contributed by atoms with Crippen molar-refractivity contribution in [3.8, 4) is 0 Å². The van der Waals surface area contributed by atoms with Crippen LogP contribution in [0.1, 0.15) is 63.7 Å². The molecule has 2 aromatic heterocycles. The number of anilines is 1. The predicted molar refractivity (Wildman–Crippen MR) is 101 cm³/mol. The molecule has 2 heterocycles. The summed E-state index contributed by atoms with van der Waals surface area (Å²) in [6.45, 7) is 0. The zero-order valence-electron chi connectivity index (χ0n) is 15.1. The first kappa shape index (κ1) is 19.6. The standard InChI is InChI=1S/C16H21N5O4S2/c1-24-14(22)11-10(12(15(23)25-2)27-13(11)17)8-26-16-18-19-20-21(16)9-6-4-3-5-7-9/h9H,3-8,17H2,1-2H3. The molecular weight excluding hydrogens is 390 g/mol. The highest BCUT2D eigenvalue weighted by molar-refractivity contribution is 7.98. The van der Waals surface area contributed by atoms with E-state index in [0.29, 0.717) is 21.3 Å². The molecule has 0 amide bonds. The summed E-state index contributed by atoms with van der Waals surface area (Å²) in [4.78, 5) is 24.6. The van der Waals surface area contributed by atoms with E-state index < -0.39 is 11.9 Å². The molecule has 0 bridgehead atoms. The smallest absolute Gasteiger partial charge is 0.348 e. The van der Waals surface area contributed by atoms with Crippen molar-refractivity contribution in [3.05, 3.63) is 16.0 Å². The monoisotopic (exact) mass is 411 g/mol. The van der Waals surface area contributed by atoms with E-state index in [4.69, 9.17) is 15.2 Å². The molecule has 3 rings (SSSR count). The molecule has 0 saturated heterocycles. The van der Waals surface area contributed by atoms with Crippen molar-refractivity contribution in [1.29, 1.82) is 0 Å². The SMILES string of the molecule is COC(=O)c1sc(N)c(C(=O)OC)c1CSc1nnnn1C1CCCCC1. The highest BCUT2D eigenvalue weighted by Gasteiger charge is 2.28. The van der Waals surface area contributed by atoms with E-state index in [9.17, 15) is 9.59 Å². The van der Waals surface area contributed by atoms with Gasteiger partial charge in [-0.2, -0.15) is 0 Å². The fourth-order valence-electron chi connectivity index (χ4n) is 3.18. The van der Waals surface area contributed by atoms with Crippen LogP contribution in [0.15, 0.2) is 5.16 Å². The number of methoxy groups -OCH3 is 2. The highest BCUT2D eigenvalue weighted by Crippen LogP contribution is 2.37. The maximum Gasteiger partial charge on any atom is 0.348 e. The summed E-state index contributed by atoms with van der Waals surface area (Å²) < 4.78 is 11.5. The Bertz CT molecular complexity index is 829. The lowest BCUT2D eigenvalue weighted by Gasteiger charge is -2.22. The number of thioether (sulfide) groups is 1. The van der Waals surface area contributed by atoms with Gasteiger partial charge in [0.25, 0.3) is 0 Å². The molecule has 0 unspecified atom stereocenters. The van der Waals surface area contributed by atoms with Crippen molar-refractivity contribution in [2.45, 2.75) is 49.1 Å². The van der Waals surface area contributed by atoms with Crippen LogP contribution in [0.25, 0.3) is 0 Å². The van der Waals surface area contributed by atoms with Gasteiger partial charge in [0.2, 0.25) is 5.16 Å². The Hall–Kier alpha value is -2.14. The molecule has 1 fully saturated rings. The number of thiophene rings is 1. The van der Waals surface area contributed by atoms with Crippen molar-refractivity contribution in [2.75, 3.05) is 20.0 Å². The van der Waals surface area contributed by atoms with E-state index in [-0.39, 0.29) is 16.6 Å². The molecule has 11 heteroatoms. The van der Waals surface area contributed by atoms with Crippen LogP contribution in [0, 0.1) is 0 Å². The van der Waals surface area contributed by atoms with Crippen LogP contribution in [0.4, 0.5) is 5.00 Å². The maximum atomic E-state index is 12.2.